The van der Waals surface area contributed by atoms with Crippen LogP contribution >= 0.6 is 35.0 Å². The van der Waals surface area contributed by atoms with Crippen molar-refractivity contribution in [2.24, 2.45) is 0 Å². The van der Waals surface area contributed by atoms with Crippen LogP contribution in [0.25, 0.3) is 0 Å². The van der Waals surface area contributed by atoms with E-state index in [1.165, 1.54) is 0 Å². The second kappa shape index (κ2) is 12.6. The molecule has 0 aliphatic rings. The minimum Gasteiger partial charge on any atom is -0.468 e. The number of esters is 2. The first-order valence-electron chi connectivity index (χ1n) is 10.6. The molecule has 194 valence electrons. The van der Waals surface area contributed by atoms with E-state index in [0.717, 1.165) is 23.4 Å². The molecule has 2 aromatic carbocycles. The molecule has 0 aliphatic heterocycles. The topological polar surface area (TPSA) is 140 Å². The van der Waals surface area contributed by atoms with Crippen molar-refractivity contribution in [3.63, 3.8) is 0 Å². The highest BCUT2D eigenvalue weighted by atomic mass is 35.5. The van der Waals surface area contributed by atoms with E-state index in [4.69, 9.17) is 33.7 Å². The number of ketones is 1. The predicted octanol–water partition coefficient (Wildman–Crippen LogP) is 2.64. The van der Waals surface area contributed by atoms with Crippen molar-refractivity contribution in [1.29, 1.82) is 0 Å². The first-order chi connectivity index (χ1) is 17.6. The Kier molecular flexibility index (Phi) is 9.56. The number of benzene rings is 2. The van der Waals surface area contributed by atoms with Gasteiger partial charge >= 0.3 is 17.6 Å². The van der Waals surface area contributed by atoms with Crippen molar-refractivity contribution >= 4 is 58.5 Å². The molecular formula is C24H21Cl2N3O7S. The van der Waals surface area contributed by atoms with Crippen LogP contribution in [-0.4, -0.2) is 46.3 Å². The quantitative estimate of drug-likeness (QED) is 0.223. The lowest BCUT2D eigenvalue weighted by Gasteiger charge is -2.16. The van der Waals surface area contributed by atoms with E-state index < -0.39 is 53.5 Å². The molecule has 13 heteroatoms. The van der Waals surface area contributed by atoms with Crippen molar-refractivity contribution in [3.8, 4) is 0 Å². The molecule has 0 saturated carbocycles. The van der Waals surface area contributed by atoms with Gasteiger partial charge in [-0.25, -0.2) is 9.36 Å². The molecule has 3 aromatic rings. The number of carbonyl (C=O) groups is 3. The lowest BCUT2D eigenvalue weighted by Crippen LogP contribution is -2.46. The van der Waals surface area contributed by atoms with Crippen molar-refractivity contribution in [2.75, 3.05) is 25.2 Å². The number of carbonyl (C=O) groups excluding carboxylic acids is 3. The van der Waals surface area contributed by atoms with Crippen LogP contribution in [0.1, 0.15) is 15.9 Å². The predicted molar refractivity (Wildman–Crippen MR) is 139 cm³/mol. The van der Waals surface area contributed by atoms with Crippen LogP contribution in [0.2, 0.25) is 10.0 Å². The van der Waals surface area contributed by atoms with Gasteiger partial charge in [-0.2, -0.15) is 0 Å². The van der Waals surface area contributed by atoms with Crippen molar-refractivity contribution in [1.82, 2.24) is 9.13 Å². The number of ether oxygens (including phenoxy) is 2. The Morgan fingerprint density at radius 2 is 1.59 bits per heavy atom. The maximum Gasteiger partial charge on any atom is 0.333 e. The van der Waals surface area contributed by atoms with Crippen molar-refractivity contribution in [2.45, 2.75) is 18.0 Å². The van der Waals surface area contributed by atoms with Gasteiger partial charge in [-0.15, -0.1) is 11.8 Å². The molecule has 0 saturated heterocycles. The molecule has 2 N–H and O–H groups in total. The molecule has 0 bridgehead atoms. The molecule has 0 fully saturated rings. The van der Waals surface area contributed by atoms with E-state index in [1.54, 1.807) is 48.5 Å². The van der Waals surface area contributed by atoms with Crippen LogP contribution in [0.5, 0.6) is 0 Å². The first kappa shape index (κ1) is 28.0. The van der Waals surface area contributed by atoms with Gasteiger partial charge in [-0.1, -0.05) is 59.6 Å². The number of nitrogen functional groups attached to an aromatic ring is 1. The summed E-state index contributed by atoms with van der Waals surface area (Å²) in [4.78, 5) is 63.5. The molecule has 1 aromatic heterocycles. The van der Waals surface area contributed by atoms with E-state index in [2.05, 4.69) is 4.74 Å². The Morgan fingerprint density at radius 3 is 2.22 bits per heavy atom. The molecule has 0 aliphatic carbocycles. The number of hydrogen-bond donors (Lipinski definition) is 1. The van der Waals surface area contributed by atoms with Gasteiger partial charge in [0.1, 0.15) is 17.9 Å². The van der Waals surface area contributed by atoms with Crippen LogP contribution in [0, 0.1) is 0 Å². The largest absolute Gasteiger partial charge is 0.468 e. The van der Waals surface area contributed by atoms with Crippen LogP contribution in [-0.2, 0) is 32.2 Å². The van der Waals surface area contributed by atoms with Gasteiger partial charge < -0.3 is 15.2 Å². The summed E-state index contributed by atoms with van der Waals surface area (Å²) < 4.78 is 11.1. The summed E-state index contributed by atoms with van der Waals surface area (Å²) >= 11 is 13.2. The Hall–Kier alpha value is -3.54. The zero-order valence-electron chi connectivity index (χ0n) is 19.4. The number of methoxy groups -OCH3 is 1. The fourth-order valence-electron chi connectivity index (χ4n) is 3.24. The van der Waals surface area contributed by atoms with Crippen LogP contribution in [0.15, 0.2) is 63.0 Å². The Morgan fingerprint density at radius 1 is 0.946 bits per heavy atom. The second-order valence-corrected chi connectivity index (χ2v) is 9.31. The highest BCUT2D eigenvalue weighted by Gasteiger charge is 2.25. The molecule has 1 heterocycles. The number of anilines is 1. The standard InChI is InChI=1S/C24H21Cl2N3O7S/c1-35-18(31)11-29-23(33)20(22(27)28(24(29)34)10-14-6-3-2-4-7-14)17(30)12-36-19(32)13-37-21-15(25)8-5-9-16(21)26/h2-9H,10-13,27H2,1H3. The maximum atomic E-state index is 13.0. The number of thioether (sulfide) groups is 1. The Balaban J connectivity index is 1.86. The Bertz CT molecular complexity index is 1430. The number of rotatable bonds is 10. The van der Waals surface area contributed by atoms with E-state index >= 15 is 0 Å². The molecule has 0 amide bonds. The lowest BCUT2D eigenvalue weighted by atomic mass is 10.2. The van der Waals surface area contributed by atoms with Crippen LogP contribution in [0.3, 0.4) is 0 Å². The monoisotopic (exact) mass is 565 g/mol. The van der Waals surface area contributed by atoms with Crippen LogP contribution in [0.4, 0.5) is 5.82 Å². The molecule has 0 radical (unpaired) electrons. The molecular weight excluding hydrogens is 545 g/mol. The minimum atomic E-state index is -1.10. The summed E-state index contributed by atoms with van der Waals surface area (Å²) in [5, 5.41) is 0.696. The van der Waals surface area contributed by atoms with Gasteiger partial charge in [0.25, 0.3) is 5.56 Å². The van der Waals surface area contributed by atoms with Gasteiger partial charge in [0.05, 0.1) is 29.5 Å². The summed E-state index contributed by atoms with van der Waals surface area (Å²) in [6.45, 7) is -1.64. The third-order valence-electron chi connectivity index (χ3n) is 5.06. The summed E-state index contributed by atoms with van der Waals surface area (Å²) in [5.74, 6) is -3.24. The number of halogens is 2. The van der Waals surface area contributed by atoms with Gasteiger partial charge in [-0.3, -0.25) is 23.7 Å². The first-order valence-corrected chi connectivity index (χ1v) is 12.4. The minimum absolute atomic E-state index is 0.0811. The second-order valence-electron chi connectivity index (χ2n) is 7.51. The number of aromatic nitrogens is 2. The fraction of sp³-hybridized carbons (Fsp3) is 0.208. The summed E-state index contributed by atoms with van der Waals surface area (Å²) in [6, 6.07) is 13.5. The summed E-state index contributed by atoms with van der Waals surface area (Å²) in [6.07, 6.45) is 0. The number of Topliss-reactive ketones (excluding diaryl/α,β-unsaturated/α-hetero) is 1. The molecule has 0 atom stereocenters. The normalized spacial score (nSPS) is 10.7. The van der Waals surface area contributed by atoms with E-state index in [-0.39, 0.29) is 12.3 Å². The van der Waals surface area contributed by atoms with Gasteiger partial charge in [0.15, 0.2) is 6.61 Å². The smallest absolute Gasteiger partial charge is 0.333 e. The molecule has 10 nitrogen and oxygen atoms in total. The van der Waals surface area contributed by atoms with Gasteiger partial charge in [-0.05, 0) is 17.7 Å². The van der Waals surface area contributed by atoms with E-state index in [9.17, 15) is 24.0 Å². The van der Waals surface area contributed by atoms with Crippen LogP contribution < -0.4 is 17.0 Å². The highest BCUT2D eigenvalue weighted by molar-refractivity contribution is 8.00. The number of nitrogens with zero attached hydrogens (tertiary/aromatic N) is 2. The average molecular weight is 566 g/mol. The molecule has 0 unspecified atom stereocenters. The van der Waals surface area contributed by atoms with Crippen molar-refractivity contribution < 1.29 is 23.9 Å². The zero-order chi connectivity index (χ0) is 27.1. The fourth-order valence-corrected chi connectivity index (χ4v) is 4.72. The highest BCUT2D eigenvalue weighted by Crippen LogP contribution is 2.33. The lowest BCUT2D eigenvalue weighted by molar-refractivity contribution is -0.141. The maximum absolute atomic E-state index is 13.0. The molecule has 3 rings (SSSR count). The van der Waals surface area contributed by atoms with Gasteiger partial charge in [0.2, 0.25) is 5.78 Å². The zero-order valence-corrected chi connectivity index (χ0v) is 21.8. The third kappa shape index (κ3) is 6.82. The third-order valence-corrected chi connectivity index (χ3v) is 7.03. The molecule has 0 spiro atoms. The van der Waals surface area contributed by atoms with E-state index in [1.807, 2.05) is 0 Å². The summed E-state index contributed by atoms with van der Waals surface area (Å²) in [7, 11) is 1.09. The SMILES string of the molecule is COC(=O)Cn1c(=O)c(C(=O)COC(=O)CSc2c(Cl)cccc2Cl)c(N)n(Cc2ccccc2)c1=O. The average Bonchev–Trinajstić information content (AvgIpc) is 2.88. The molecule has 37 heavy (non-hydrogen) atoms. The van der Waals surface area contributed by atoms with Crippen molar-refractivity contribution in [3.05, 3.63) is 90.5 Å². The Labute approximate surface area is 224 Å². The summed E-state index contributed by atoms with van der Waals surface area (Å²) in [5.41, 5.74) is 4.14. The van der Waals surface area contributed by atoms with Gasteiger partial charge in [0, 0.05) is 4.90 Å². The van der Waals surface area contributed by atoms with E-state index in [0.29, 0.717) is 25.1 Å². The number of nitrogens with two attached hydrogens (primary N) is 1. The number of hydrogen-bond acceptors (Lipinski definition) is 9.